The summed E-state index contributed by atoms with van der Waals surface area (Å²) in [6.45, 7) is 0. The third kappa shape index (κ3) is 2.38. The second-order valence-electron chi connectivity index (χ2n) is 3.94. The first-order chi connectivity index (χ1) is 7.09. The summed E-state index contributed by atoms with van der Waals surface area (Å²) in [5, 5.41) is 19.5. The van der Waals surface area contributed by atoms with Gasteiger partial charge in [-0.05, 0) is 37.0 Å². The Morgan fingerprint density at radius 1 is 1.33 bits per heavy atom. The summed E-state index contributed by atoms with van der Waals surface area (Å²) in [5.41, 5.74) is 0.156. The predicted molar refractivity (Wildman–Crippen MR) is 57.8 cm³/mol. The van der Waals surface area contributed by atoms with Crippen LogP contribution in [0, 0.1) is 11.7 Å². The maximum absolute atomic E-state index is 13.4. The van der Waals surface area contributed by atoms with Gasteiger partial charge in [0.15, 0.2) is 0 Å². The summed E-state index contributed by atoms with van der Waals surface area (Å²) >= 11 is 3.21. The van der Waals surface area contributed by atoms with E-state index in [2.05, 4.69) is 15.9 Å². The Bertz CT molecular complexity index is 366. The van der Waals surface area contributed by atoms with Crippen LogP contribution in [0.1, 0.15) is 24.5 Å². The van der Waals surface area contributed by atoms with Crippen molar-refractivity contribution in [2.24, 2.45) is 5.92 Å². The highest BCUT2D eigenvalue weighted by atomic mass is 79.9. The Hall–Kier alpha value is -0.450. The molecule has 82 valence electrons. The Morgan fingerprint density at radius 2 is 2.00 bits per heavy atom. The number of halogens is 2. The number of hydrogen-bond acceptors (Lipinski definition) is 2. The molecular formula is C11H12BrFO2. The largest absolute Gasteiger partial charge is 0.390 e. The minimum absolute atomic E-state index is 0.124. The third-order valence-corrected chi connectivity index (χ3v) is 3.20. The molecule has 2 rings (SSSR count). The van der Waals surface area contributed by atoms with E-state index in [9.17, 15) is 14.6 Å². The molecule has 1 saturated carbocycles. The first kappa shape index (κ1) is 11.0. The Morgan fingerprint density at radius 3 is 2.60 bits per heavy atom. The zero-order valence-corrected chi connectivity index (χ0v) is 9.61. The van der Waals surface area contributed by atoms with E-state index in [0.29, 0.717) is 4.47 Å². The van der Waals surface area contributed by atoms with Gasteiger partial charge in [0.25, 0.3) is 0 Å². The summed E-state index contributed by atoms with van der Waals surface area (Å²) in [5.74, 6) is -0.358. The molecule has 0 bridgehead atoms. The van der Waals surface area contributed by atoms with Gasteiger partial charge in [-0.1, -0.05) is 15.9 Å². The maximum Gasteiger partial charge on any atom is 0.129 e. The van der Waals surface area contributed by atoms with Crippen molar-refractivity contribution in [2.75, 3.05) is 0 Å². The molecule has 0 saturated heterocycles. The minimum Gasteiger partial charge on any atom is -0.390 e. The number of rotatable bonds is 3. The van der Waals surface area contributed by atoms with Gasteiger partial charge in [0, 0.05) is 10.0 Å². The molecular weight excluding hydrogens is 263 g/mol. The van der Waals surface area contributed by atoms with Gasteiger partial charge in [0.05, 0.1) is 6.10 Å². The molecule has 1 aromatic rings. The fourth-order valence-corrected chi connectivity index (χ4v) is 2.00. The predicted octanol–water partition coefficient (Wildman–Crippen LogP) is 2.39. The lowest BCUT2D eigenvalue weighted by Gasteiger charge is -2.18. The van der Waals surface area contributed by atoms with E-state index in [-0.39, 0.29) is 11.5 Å². The van der Waals surface area contributed by atoms with Crippen molar-refractivity contribution in [3.05, 3.63) is 34.1 Å². The molecule has 2 N–H and O–H groups in total. The average molecular weight is 275 g/mol. The second-order valence-corrected chi connectivity index (χ2v) is 4.85. The van der Waals surface area contributed by atoms with Crippen LogP contribution < -0.4 is 0 Å². The highest BCUT2D eigenvalue weighted by molar-refractivity contribution is 9.10. The van der Waals surface area contributed by atoms with E-state index in [1.54, 1.807) is 6.07 Å². The van der Waals surface area contributed by atoms with Gasteiger partial charge in [0.1, 0.15) is 11.9 Å². The summed E-state index contributed by atoms with van der Waals surface area (Å²) in [6, 6.07) is 4.35. The number of benzene rings is 1. The third-order valence-electron chi connectivity index (χ3n) is 2.71. The summed E-state index contributed by atoms with van der Waals surface area (Å²) < 4.78 is 14.1. The van der Waals surface area contributed by atoms with Crippen LogP contribution >= 0.6 is 15.9 Å². The zero-order chi connectivity index (χ0) is 11.0. The lowest BCUT2D eigenvalue weighted by atomic mass is 10.0. The average Bonchev–Trinajstić information content (AvgIpc) is 3.03. The topological polar surface area (TPSA) is 40.5 Å². The molecule has 2 atom stereocenters. The van der Waals surface area contributed by atoms with E-state index in [1.807, 2.05) is 0 Å². The monoisotopic (exact) mass is 274 g/mol. The van der Waals surface area contributed by atoms with Crippen molar-refractivity contribution in [2.45, 2.75) is 25.0 Å². The SMILES string of the molecule is OC(c1cc(Br)ccc1F)C(O)C1CC1. The molecule has 1 aliphatic rings. The molecule has 0 radical (unpaired) electrons. The van der Waals surface area contributed by atoms with Crippen molar-refractivity contribution >= 4 is 15.9 Å². The molecule has 0 aromatic heterocycles. The summed E-state index contributed by atoms with van der Waals surface area (Å²) in [6.07, 6.45) is -0.161. The fourth-order valence-electron chi connectivity index (χ4n) is 1.62. The van der Waals surface area contributed by atoms with Crippen molar-refractivity contribution in [3.63, 3.8) is 0 Å². The highest BCUT2D eigenvalue weighted by Crippen LogP contribution is 2.38. The van der Waals surface area contributed by atoms with E-state index in [1.165, 1.54) is 12.1 Å². The lowest BCUT2D eigenvalue weighted by molar-refractivity contribution is 0.00288. The van der Waals surface area contributed by atoms with Crippen molar-refractivity contribution in [1.29, 1.82) is 0 Å². The van der Waals surface area contributed by atoms with Crippen LogP contribution in [-0.4, -0.2) is 16.3 Å². The molecule has 0 spiro atoms. The molecule has 1 aliphatic carbocycles. The number of aliphatic hydroxyl groups excluding tert-OH is 2. The smallest absolute Gasteiger partial charge is 0.129 e. The van der Waals surface area contributed by atoms with Gasteiger partial charge in [-0.3, -0.25) is 0 Å². The second kappa shape index (κ2) is 4.20. The van der Waals surface area contributed by atoms with Crippen molar-refractivity contribution in [3.8, 4) is 0 Å². The van der Waals surface area contributed by atoms with Gasteiger partial charge in [0.2, 0.25) is 0 Å². The van der Waals surface area contributed by atoms with Crippen molar-refractivity contribution < 1.29 is 14.6 Å². The minimum atomic E-state index is -1.13. The van der Waals surface area contributed by atoms with E-state index in [0.717, 1.165) is 12.8 Å². The molecule has 1 aromatic carbocycles. The molecule has 0 amide bonds. The van der Waals surface area contributed by atoms with Gasteiger partial charge in [-0.15, -0.1) is 0 Å². The molecule has 2 unspecified atom stereocenters. The Balaban J connectivity index is 2.23. The molecule has 15 heavy (non-hydrogen) atoms. The molecule has 0 aliphatic heterocycles. The van der Waals surface area contributed by atoms with Gasteiger partial charge < -0.3 is 10.2 Å². The normalized spacial score (nSPS) is 20.0. The summed E-state index contributed by atoms with van der Waals surface area (Å²) in [7, 11) is 0. The quantitative estimate of drug-likeness (QED) is 0.889. The Kier molecular flexibility index (Phi) is 3.09. The lowest BCUT2D eigenvalue weighted by Crippen LogP contribution is -2.21. The highest BCUT2D eigenvalue weighted by Gasteiger charge is 2.36. The maximum atomic E-state index is 13.4. The van der Waals surface area contributed by atoms with Crippen LogP contribution in [-0.2, 0) is 0 Å². The van der Waals surface area contributed by atoms with Crippen LogP contribution in [0.4, 0.5) is 4.39 Å². The van der Waals surface area contributed by atoms with E-state index >= 15 is 0 Å². The van der Waals surface area contributed by atoms with Crippen LogP contribution in [0.5, 0.6) is 0 Å². The van der Waals surface area contributed by atoms with Crippen LogP contribution in [0.3, 0.4) is 0 Å². The van der Waals surface area contributed by atoms with Gasteiger partial charge >= 0.3 is 0 Å². The first-order valence-corrected chi connectivity index (χ1v) is 5.70. The molecule has 0 heterocycles. The molecule has 2 nitrogen and oxygen atoms in total. The van der Waals surface area contributed by atoms with Crippen LogP contribution in [0.2, 0.25) is 0 Å². The molecule has 1 fully saturated rings. The Labute approximate surface area is 95.9 Å². The first-order valence-electron chi connectivity index (χ1n) is 4.90. The van der Waals surface area contributed by atoms with Crippen LogP contribution in [0.25, 0.3) is 0 Å². The zero-order valence-electron chi connectivity index (χ0n) is 8.03. The van der Waals surface area contributed by atoms with Crippen molar-refractivity contribution in [1.82, 2.24) is 0 Å². The van der Waals surface area contributed by atoms with Gasteiger partial charge in [-0.25, -0.2) is 4.39 Å². The molecule has 4 heteroatoms. The van der Waals surface area contributed by atoms with E-state index in [4.69, 9.17) is 0 Å². The number of aliphatic hydroxyl groups is 2. The van der Waals surface area contributed by atoms with Crippen LogP contribution in [0.15, 0.2) is 22.7 Å². The summed E-state index contributed by atoms with van der Waals surface area (Å²) in [4.78, 5) is 0. The fraction of sp³-hybridized carbons (Fsp3) is 0.455. The van der Waals surface area contributed by atoms with E-state index < -0.39 is 18.0 Å². The van der Waals surface area contributed by atoms with Gasteiger partial charge in [-0.2, -0.15) is 0 Å². The number of hydrogen-bond donors (Lipinski definition) is 2. The standard InChI is InChI=1S/C11H12BrFO2/c12-7-3-4-9(13)8(5-7)11(15)10(14)6-1-2-6/h3-6,10-11,14-15H,1-2H2.